The standard InChI is InChI=1S/C14H16N4O2S/c1-3-4-12-15-16-14-18(12)17-13(21-14)9-20-11-7-5-10(19-2)6-8-11/h5-8H,3-4,9H2,1-2H3. The van der Waals surface area contributed by atoms with E-state index < -0.39 is 0 Å². The molecule has 0 atom stereocenters. The predicted molar refractivity (Wildman–Crippen MR) is 80.0 cm³/mol. The normalized spacial score (nSPS) is 11.0. The fourth-order valence-corrected chi connectivity index (χ4v) is 2.72. The first-order chi connectivity index (χ1) is 10.3. The van der Waals surface area contributed by atoms with Crippen molar-refractivity contribution in [3.8, 4) is 11.5 Å². The van der Waals surface area contributed by atoms with Gasteiger partial charge in [-0.2, -0.15) is 9.61 Å². The third-order valence-electron chi connectivity index (χ3n) is 2.99. The quantitative estimate of drug-likeness (QED) is 0.700. The Hall–Kier alpha value is -2.15. The summed E-state index contributed by atoms with van der Waals surface area (Å²) >= 11 is 1.50. The summed E-state index contributed by atoms with van der Waals surface area (Å²) in [4.78, 5) is 0.812. The molecule has 0 radical (unpaired) electrons. The molecule has 6 nitrogen and oxygen atoms in total. The molecule has 0 aliphatic rings. The summed E-state index contributed by atoms with van der Waals surface area (Å²) in [6, 6.07) is 7.49. The molecule has 3 rings (SSSR count). The van der Waals surface area contributed by atoms with Crippen LogP contribution in [0.3, 0.4) is 0 Å². The van der Waals surface area contributed by atoms with E-state index in [1.165, 1.54) is 11.3 Å². The van der Waals surface area contributed by atoms with Crippen molar-refractivity contribution >= 4 is 16.3 Å². The van der Waals surface area contributed by atoms with Crippen LogP contribution in [0.1, 0.15) is 24.2 Å². The molecule has 2 heterocycles. The highest BCUT2D eigenvalue weighted by Crippen LogP contribution is 2.20. The van der Waals surface area contributed by atoms with Crippen molar-refractivity contribution in [3.05, 3.63) is 35.1 Å². The van der Waals surface area contributed by atoms with E-state index in [2.05, 4.69) is 22.2 Å². The van der Waals surface area contributed by atoms with Crippen LogP contribution in [-0.2, 0) is 13.0 Å². The molecule has 0 spiro atoms. The molecule has 7 heteroatoms. The highest BCUT2D eigenvalue weighted by atomic mass is 32.1. The predicted octanol–water partition coefficient (Wildman–Crippen LogP) is 2.73. The van der Waals surface area contributed by atoms with E-state index in [0.717, 1.165) is 40.1 Å². The molecule has 0 N–H and O–H groups in total. The lowest BCUT2D eigenvalue weighted by molar-refractivity contribution is 0.303. The molecular weight excluding hydrogens is 288 g/mol. The molecule has 0 amide bonds. The van der Waals surface area contributed by atoms with Crippen LogP contribution in [0.15, 0.2) is 24.3 Å². The fourth-order valence-electron chi connectivity index (χ4n) is 1.95. The zero-order valence-corrected chi connectivity index (χ0v) is 12.8. The monoisotopic (exact) mass is 304 g/mol. The Balaban J connectivity index is 1.69. The third kappa shape index (κ3) is 2.97. The summed E-state index contributed by atoms with van der Waals surface area (Å²) in [6.07, 6.45) is 1.90. The van der Waals surface area contributed by atoms with Crippen molar-refractivity contribution < 1.29 is 9.47 Å². The zero-order chi connectivity index (χ0) is 14.7. The second-order valence-corrected chi connectivity index (χ2v) is 5.56. The average Bonchev–Trinajstić information content (AvgIpc) is 3.08. The van der Waals surface area contributed by atoms with Gasteiger partial charge < -0.3 is 9.47 Å². The van der Waals surface area contributed by atoms with Gasteiger partial charge in [0.2, 0.25) is 4.96 Å². The molecule has 0 saturated heterocycles. The molecule has 0 bridgehead atoms. The number of hydrogen-bond acceptors (Lipinski definition) is 6. The molecule has 3 aromatic rings. The molecule has 0 fully saturated rings. The van der Waals surface area contributed by atoms with Gasteiger partial charge in [0, 0.05) is 6.42 Å². The molecule has 0 saturated carbocycles. The Morgan fingerprint density at radius 1 is 1.14 bits per heavy atom. The van der Waals surface area contributed by atoms with Gasteiger partial charge in [0.25, 0.3) is 0 Å². The second-order valence-electron chi connectivity index (χ2n) is 4.52. The molecule has 0 aliphatic heterocycles. The molecule has 2 aromatic heterocycles. The minimum absolute atomic E-state index is 0.423. The Morgan fingerprint density at radius 3 is 2.62 bits per heavy atom. The first-order valence-electron chi connectivity index (χ1n) is 6.77. The lowest BCUT2D eigenvalue weighted by Crippen LogP contribution is -1.99. The maximum Gasteiger partial charge on any atom is 0.234 e. The van der Waals surface area contributed by atoms with Crippen molar-refractivity contribution in [1.29, 1.82) is 0 Å². The van der Waals surface area contributed by atoms with Crippen molar-refractivity contribution in [2.45, 2.75) is 26.4 Å². The highest BCUT2D eigenvalue weighted by Gasteiger charge is 2.11. The first-order valence-corrected chi connectivity index (χ1v) is 7.58. The Kier molecular flexibility index (Phi) is 4.01. The van der Waals surface area contributed by atoms with E-state index in [-0.39, 0.29) is 0 Å². The van der Waals surface area contributed by atoms with Crippen LogP contribution >= 0.6 is 11.3 Å². The Labute approximate surface area is 126 Å². The third-order valence-corrected chi connectivity index (χ3v) is 3.86. The van der Waals surface area contributed by atoms with Gasteiger partial charge in [0.05, 0.1) is 7.11 Å². The van der Waals surface area contributed by atoms with Crippen molar-refractivity contribution in [2.24, 2.45) is 0 Å². The van der Waals surface area contributed by atoms with Gasteiger partial charge in [-0.1, -0.05) is 18.3 Å². The Morgan fingerprint density at radius 2 is 1.90 bits per heavy atom. The lowest BCUT2D eigenvalue weighted by Gasteiger charge is -2.04. The largest absolute Gasteiger partial charge is 0.497 e. The molecule has 21 heavy (non-hydrogen) atoms. The van der Waals surface area contributed by atoms with Crippen LogP contribution in [0.25, 0.3) is 4.96 Å². The number of aryl methyl sites for hydroxylation is 1. The SMILES string of the molecule is CCCc1nnc2sc(COc3ccc(OC)cc3)nn12. The summed E-state index contributed by atoms with van der Waals surface area (Å²) < 4.78 is 12.6. The van der Waals surface area contributed by atoms with Gasteiger partial charge in [-0.15, -0.1) is 10.2 Å². The summed E-state index contributed by atoms with van der Waals surface area (Å²) in [7, 11) is 1.64. The van der Waals surface area contributed by atoms with E-state index in [1.807, 2.05) is 24.3 Å². The van der Waals surface area contributed by atoms with E-state index >= 15 is 0 Å². The molecule has 0 aliphatic carbocycles. The second kappa shape index (κ2) is 6.09. The number of nitrogens with zero attached hydrogens (tertiary/aromatic N) is 4. The number of fused-ring (bicyclic) bond motifs is 1. The maximum atomic E-state index is 5.72. The lowest BCUT2D eigenvalue weighted by atomic mass is 10.3. The van der Waals surface area contributed by atoms with Gasteiger partial charge in [-0.25, -0.2) is 0 Å². The van der Waals surface area contributed by atoms with Crippen LogP contribution in [0.4, 0.5) is 0 Å². The van der Waals surface area contributed by atoms with Crippen LogP contribution < -0.4 is 9.47 Å². The van der Waals surface area contributed by atoms with Crippen molar-refractivity contribution in [2.75, 3.05) is 7.11 Å². The summed E-state index contributed by atoms with van der Waals surface area (Å²) in [5, 5.41) is 13.6. The maximum absolute atomic E-state index is 5.72. The van der Waals surface area contributed by atoms with Gasteiger partial charge in [0.15, 0.2) is 10.8 Å². The number of rotatable bonds is 6. The van der Waals surface area contributed by atoms with E-state index in [9.17, 15) is 0 Å². The van der Waals surface area contributed by atoms with Crippen LogP contribution in [0, 0.1) is 0 Å². The molecule has 1 aromatic carbocycles. The Bertz CT molecular complexity index is 720. The average molecular weight is 304 g/mol. The van der Waals surface area contributed by atoms with Crippen LogP contribution in [-0.4, -0.2) is 26.9 Å². The zero-order valence-electron chi connectivity index (χ0n) is 11.9. The first kappa shape index (κ1) is 13.8. The highest BCUT2D eigenvalue weighted by molar-refractivity contribution is 7.16. The van der Waals surface area contributed by atoms with Crippen LogP contribution in [0.5, 0.6) is 11.5 Å². The number of methoxy groups -OCH3 is 1. The van der Waals surface area contributed by atoms with E-state index in [4.69, 9.17) is 9.47 Å². The van der Waals surface area contributed by atoms with Gasteiger partial charge in [-0.3, -0.25) is 0 Å². The number of hydrogen-bond donors (Lipinski definition) is 0. The van der Waals surface area contributed by atoms with E-state index in [0.29, 0.717) is 6.61 Å². The molecular formula is C14H16N4O2S. The minimum Gasteiger partial charge on any atom is -0.497 e. The van der Waals surface area contributed by atoms with E-state index in [1.54, 1.807) is 11.6 Å². The number of ether oxygens (including phenoxy) is 2. The van der Waals surface area contributed by atoms with Crippen molar-refractivity contribution in [3.63, 3.8) is 0 Å². The minimum atomic E-state index is 0.423. The molecule has 110 valence electrons. The van der Waals surface area contributed by atoms with Crippen molar-refractivity contribution in [1.82, 2.24) is 19.8 Å². The fraction of sp³-hybridized carbons (Fsp3) is 0.357. The topological polar surface area (TPSA) is 61.5 Å². The smallest absolute Gasteiger partial charge is 0.234 e. The summed E-state index contributed by atoms with van der Waals surface area (Å²) in [5.74, 6) is 2.50. The number of aromatic nitrogens is 4. The summed E-state index contributed by atoms with van der Waals surface area (Å²) in [6.45, 7) is 2.53. The van der Waals surface area contributed by atoms with Gasteiger partial charge in [-0.05, 0) is 30.7 Å². The van der Waals surface area contributed by atoms with Gasteiger partial charge >= 0.3 is 0 Å². The summed E-state index contributed by atoms with van der Waals surface area (Å²) in [5.41, 5.74) is 0. The van der Waals surface area contributed by atoms with Gasteiger partial charge in [0.1, 0.15) is 18.1 Å². The number of benzene rings is 1. The van der Waals surface area contributed by atoms with Crippen LogP contribution in [0.2, 0.25) is 0 Å². The molecule has 0 unspecified atom stereocenters.